The number of halogens is 2. The molecule has 0 fully saturated rings. The van der Waals surface area contributed by atoms with Crippen LogP contribution in [0, 0.1) is 25.5 Å². The summed E-state index contributed by atoms with van der Waals surface area (Å²) in [6.45, 7) is 5.33. The fraction of sp³-hybridized carbons (Fsp3) is 0.350. The molecule has 8 heteroatoms. The van der Waals surface area contributed by atoms with Gasteiger partial charge in [0.15, 0.2) is 0 Å². The summed E-state index contributed by atoms with van der Waals surface area (Å²) in [6, 6.07) is 2.63. The van der Waals surface area contributed by atoms with E-state index in [0.29, 0.717) is 11.2 Å². The zero-order valence-electron chi connectivity index (χ0n) is 16.2. The third kappa shape index (κ3) is 3.67. The summed E-state index contributed by atoms with van der Waals surface area (Å²) in [7, 11) is 1.76. The fourth-order valence-electron chi connectivity index (χ4n) is 3.54. The van der Waals surface area contributed by atoms with Gasteiger partial charge in [0.25, 0.3) is 5.56 Å². The molecule has 0 saturated heterocycles. The summed E-state index contributed by atoms with van der Waals surface area (Å²) in [5.41, 5.74) is 2.73. The Morgan fingerprint density at radius 2 is 2.04 bits per heavy atom. The van der Waals surface area contributed by atoms with Crippen molar-refractivity contribution in [3.63, 3.8) is 0 Å². The Hall–Kier alpha value is -3.03. The molecule has 2 N–H and O–H groups in total. The predicted molar refractivity (Wildman–Crippen MR) is 102 cm³/mol. The molecule has 1 amide bonds. The lowest BCUT2D eigenvalue weighted by atomic mass is 10.0. The number of pyridine rings is 1. The van der Waals surface area contributed by atoms with Crippen LogP contribution in [0.2, 0.25) is 0 Å². The second kappa shape index (κ2) is 7.53. The zero-order valence-corrected chi connectivity index (χ0v) is 16.2. The van der Waals surface area contributed by atoms with E-state index in [-0.39, 0.29) is 29.9 Å². The number of aromatic amines is 1. The minimum absolute atomic E-state index is 0.0713. The van der Waals surface area contributed by atoms with Crippen molar-refractivity contribution in [3.8, 4) is 0 Å². The van der Waals surface area contributed by atoms with Crippen LogP contribution in [0.3, 0.4) is 0 Å². The predicted octanol–water partition coefficient (Wildman–Crippen LogP) is 2.97. The quantitative estimate of drug-likeness (QED) is 0.705. The van der Waals surface area contributed by atoms with Gasteiger partial charge in [-0.25, -0.2) is 8.78 Å². The smallest absolute Gasteiger partial charge is 0.253 e. The van der Waals surface area contributed by atoms with E-state index in [0.717, 1.165) is 28.8 Å². The zero-order chi connectivity index (χ0) is 20.6. The fourth-order valence-corrected chi connectivity index (χ4v) is 3.54. The largest absolute Gasteiger partial charge is 0.349 e. The topological polar surface area (TPSA) is 79.8 Å². The minimum Gasteiger partial charge on any atom is -0.349 e. The van der Waals surface area contributed by atoms with E-state index in [1.54, 1.807) is 18.7 Å². The summed E-state index contributed by atoms with van der Waals surface area (Å²) in [4.78, 5) is 27.6. The molecule has 1 atom stereocenters. The highest BCUT2D eigenvalue weighted by Crippen LogP contribution is 2.22. The van der Waals surface area contributed by atoms with Crippen LogP contribution in [0.4, 0.5) is 8.78 Å². The van der Waals surface area contributed by atoms with Crippen LogP contribution in [-0.4, -0.2) is 20.7 Å². The highest BCUT2D eigenvalue weighted by molar-refractivity contribution is 5.83. The molecule has 1 aromatic carbocycles. The van der Waals surface area contributed by atoms with Crippen LogP contribution < -0.4 is 10.9 Å². The Morgan fingerprint density at radius 1 is 1.32 bits per heavy atom. The number of benzene rings is 1. The second-order valence-corrected chi connectivity index (χ2v) is 6.95. The number of aromatic nitrogens is 3. The van der Waals surface area contributed by atoms with E-state index >= 15 is 0 Å². The number of H-pyrrole nitrogens is 1. The van der Waals surface area contributed by atoms with Crippen LogP contribution in [0.5, 0.6) is 0 Å². The molecular formula is C20H22F2N4O2. The molecule has 148 valence electrons. The standard InChI is InChI=1S/C20H22F2N4O2/c1-10-14(20(28)24-19-18(10)12(3)25-26(19)4)7-8-17(27)23-11(2)15-6-5-13(21)9-16(15)22/h5-6,9,11H,7-8H2,1-4H3,(H,23,27)(H,24,28). The Labute approximate surface area is 160 Å². The van der Waals surface area contributed by atoms with Crippen LogP contribution >= 0.6 is 0 Å². The first-order valence-corrected chi connectivity index (χ1v) is 8.98. The van der Waals surface area contributed by atoms with Crippen molar-refractivity contribution in [2.24, 2.45) is 7.05 Å². The first-order chi connectivity index (χ1) is 13.2. The van der Waals surface area contributed by atoms with Crippen molar-refractivity contribution in [1.29, 1.82) is 0 Å². The minimum atomic E-state index is -0.711. The number of aryl methyl sites for hydroxylation is 3. The van der Waals surface area contributed by atoms with Gasteiger partial charge >= 0.3 is 0 Å². The molecule has 6 nitrogen and oxygen atoms in total. The van der Waals surface area contributed by atoms with Gasteiger partial charge in [0, 0.05) is 36.0 Å². The molecule has 3 aromatic rings. The molecule has 0 spiro atoms. The van der Waals surface area contributed by atoms with Crippen LogP contribution in [0.25, 0.3) is 11.0 Å². The SMILES string of the molecule is Cc1nn(C)c2[nH]c(=O)c(CCC(=O)NC(C)c3ccc(F)cc3F)c(C)c12. The van der Waals surface area contributed by atoms with Gasteiger partial charge in [-0.05, 0) is 38.8 Å². The van der Waals surface area contributed by atoms with Crippen LogP contribution in [-0.2, 0) is 18.3 Å². The lowest BCUT2D eigenvalue weighted by Crippen LogP contribution is -2.28. The third-order valence-electron chi connectivity index (χ3n) is 4.96. The molecule has 0 aliphatic rings. The highest BCUT2D eigenvalue weighted by atomic mass is 19.1. The summed E-state index contributed by atoms with van der Waals surface area (Å²) in [6.07, 6.45) is 0.317. The van der Waals surface area contributed by atoms with E-state index in [4.69, 9.17) is 0 Å². The molecule has 2 heterocycles. The molecule has 1 unspecified atom stereocenters. The maximum absolute atomic E-state index is 13.9. The third-order valence-corrected chi connectivity index (χ3v) is 4.96. The average molecular weight is 388 g/mol. The first kappa shape index (κ1) is 19.7. The first-order valence-electron chi connectivity index (χ1n) is 8.98. The number of nitrogens with one attached hydrogen (secondary N) is 2. The van der Waals surface area contributed by atoms with Gasteiger partial charge in [0.1, 0.15) is 17.3 Å². The van der Waals surface area contributed by atoms with Gasteiger partial charge in [-0.2, -0.15) is 5.10 Å². The monoisotopic (exact) mass is 388 g/mol. The van der Waals surface area contributed by atoms with Crippen molar-refractivity contribution in [3.05, 3.63) is 62.6 Å². The Kier molecular flexibility index (Phi) is 5.31. The molecule has 3 rings (SSSR count). The average Bonchev–Trinajstić information content (AvgIpc) is 2.88. The number of carbonyl (C=O) groups excluding carboxylic acids is 1. The van der Waals surface area contributed by atoms with Gasteiger partial charge < -0.3 is 10.3 Å². The molecule has 28 heavy (non-hydrogen) atoms. The van der Waals surface area contributed by atoms with E-state index in [1.165, 1.54) is 6.07 Å². The summed E-state index contributed by atoms with van der Waals surface area (Å²) >= 11 is 0. The van der Waals surface area contributed by atoms with Gasteiger partial charge in [0.2, 0.25) is 5.91 Å². The van der Waals surface area contributed by atoms with Crippen molar-refractivity contribution < 1.29 is 13.6 Å². The number of nitrogens with zero attached hydrogens (tertiary/aromatic N) is 2. The number of rotatable bonds is 5. The van der Waals surface area contributed by atoms with E-state index < -0.39 is 17.7 Å². The molecule has 0 radical (unpaired) electrons. The summed E-state index contributed by atoms with van der Waals surface area (Å²) in [5, 5.41) is 7.88. The van der Waals surface area contributed by atoms with Crippen LogP contribution in [0.1, 0.15) is 41.8 Å². The van der Waals surface area contributed by atoms with Gasteiger partial charge in [0.05, 0.1) is 11.7 Å². The van der Waals surface area contributed by atoms with E-state index in [1.807, 2.05) is 13.8 Å². The second-order valence-electron chi connectivity index (χ2n) is 6.95. The normalized spacial score (nSPS) is 12.4. The molecule has 0 saturated carbocycles. The molecule has 0 aliphatic heterocycles. The number of carbonyl (C=O) groups is 1. The van der Waals surface area contributed by atoms with Gasteiger partial charge in [-0.3, -0.25) is 14.3 Å². The van der Waals surface area contributed by atoms with E-state index in [2.05, 4.69) is 15.4 Å². The van der Waals surface area contributed by atoms with Crippen molar-refractivity contribution >= 4 is 16.9 Å². The van der Waals surface area contributed by atoms with Crippen molar-refractivity contribution in [2.75, 3.05) is 0 Å². The molecular weight excluding hydrogens is 366 g/mol. The van der Waals surface area contributed by atoms with Crippen LogP contribution in [0.15, 0.2) is 23.0 Å². The lowest BCUT2D eigenvalue weighted by molar-refractivity contribution is -0.121. The number of hydrogen-bond donors (Lipinski definition) is 2. The Balaban J connectivity index is 1.74. The number of fused-ring (bicyclic) bond motifs is 1. The Morgan fingerprint density at radius 3 is 2.71 bits per heavy atom. The maximum Gasteiger partial charge on any atom is 0.253 e. The lowest BCUT2D eigenvalue weighted by Gasteiger charge is -2.15. The van der Waals surface area contributed by atoms with E-state index in [9.17, 15) is 18.4 Å². The summed E-state index contributed by atoms with van der Waals surface area (Å²) in [5.74, 6) is -1.70. The number of amides is 1. The molecule has 0 aliphatic carbocycles. The van der Waals surface area contributed by atoms with Crippen molar-refractivity contribution in [1.82, 2.24) is 20.1 Å². The molecule has 2 aromatic heterocycles. The molecule has 0 bridgehead atoms. The number of hydrogen-bond acceptors (Lipinski definition) is 3. The highest BCUT2D eigenvalue weighted by Gasteiger charge is 2.18. The van der Waals surface area contributed by atoms with Crippen molar-refractivity contribution in [2.45, 2.75) is 39.7 Å². The van der Waals surface area contributed by atoms with Gasteiger partial charge in [-0.15, -0.1) is 0 Å². The Bertz CT molecular complexity index is 1120. The summed E-state index contributed by atoms with van der Waals surface area (Å²) < 4.78 is 28.5. The van der Waals surface area contributed by atoms with Gasteiger partial charge in [-0.1, -0.05) is 6.07 Å². The maximum atomic E-state index is 13.9.